The van der Waals surface area contributed by atoms with Crippen molar-refractivity contribution >= 4 is 27.3 Å². The van der Waals surface area contributed by atoms with Crippen molar-refractivity contribution in [2.75, 3.05) is 0 Å². The van der Waals surface area contributed by atoms with Gasteiger partial charge < -0.3 is 5.73 Å². The average Bonchev–Trinajstić information content (AvgIpc) is 2.34. The molecule has 0 aliphatic heterocycles. The molecule has 0 spiro atoms. The summed E-state index contributed by atoms with van der Waals surface area (Å²) >= 11 is 4.62. The molecule has 1 fully saturated rings. The van der Waals surface area contributed by atoms with E-state index >= 15 is 0 Å². The van der Waals surface area contributed by atoms with Crippen molar-refractivity contribution in [2.45, 2.75) is 24.8 Å². The van der Waals surface area contributed by atoms with Gasteiger partial charge in [0.25, 0.3) is 5.92 Å². The summed E-state index contributed by atoms with van der Waals surface area (Å²) in [7, 11) is 0. The van der Waals surface area contributed by atoms with Crippen LogP contribution in [-0.4, -0.2) is 5.92 Å². The Kier molecular flexibility index (Phi) is 1.85. The number of aryl methyl sites for hydroxylation is 1. The minimum absolute atomic E-state index is 0.230. The second-order valence-corrected chi connectivity index (χ2v) is 5.48. The predicted molar refractivity (Wildman–Crippen MR) is 52.2 cm³/mol. The van der Waals surface area contributed by atoms with Gasteiger partial charge in [0.2, 0.25) is 0 Å². The molecule has 72 valence electrons. The Morgan fingerprint density at radius 3 is 2.46 bits per heavy atom. The molecule has 1 aromatic heterocycles. The Labute approximate surface area is 87.1 Å². The molecule has 1 atom stereocenters. The zero-order valence-electron chi connectivity index (χ0n) is 6.90. The summed E-state index contributed by atoms with van der Waals surface area (Å²) in [4.78, 5) is 1.56. The van der Waals surface area contributed by atoms with Gasteiger partial charge >= 0.3 is 0 Å². The zero-order valence-corrected chi connectivity index (χ0v) is 9.31. The highest BCUT2D eigenvalue weighted by atomic mass is 79.9. The van der Waals surface area contributed by atoms with Crippen LogP contribution in [-0.2, 0) is 5.54 Å². The van der Waals surface area contributed by atoms with Crippen molar-refractivity contribution in [3.8, 4) is 0 Å². The van der Waals surface area contributed by atoms with Crippen molar-refractivity contribution in [1.82, 2.24) is 0 Å². The van der Waals surface area contributed by atoms with Gasteiger partial charge in [-0.05, 0) is 28.9 Å². The second kappa shape index (κ2) is 2.52. The van der Waals surface area contributed by atoms with Crippen molar-refractivity contribution in [3.05, 3.63) is 20.3 Å². The van der Waals surface area contributed by atoms with Gasteiger partial charge in [-0.2, -0.15) is 0 Å². The first-order valence-corrected chi connectivity index (χ1v) is 5.41. The maximum Gasteiger partial charge on any atom is 0.273 e. The fourth-order valence-electron chi connectivity index (χ4n) is 1.25. The van der Waals surface area contributed by atoms with E-state index in [1.54, 1.807) is 6.07 Å². The minimum atomic E-state index is -2.72. The van der Waals surface area contributed by atoms with E-state index in [0.29, 0.717) is 4.88 Å². The van der Waals surface area contributed by atoms with E-state index in [1.165, 1.54) is 11.3 Å². The number of hydrogen-bond donors (Lipinski definition) is 1. The predicted octanol–water partition coefficient (Wildman–Crippen LogP) is 3.01. The Morgan fingerprint density at radius 2 is 2.15 bits per heavy atom. The summed E-state index contributed by atoms with van der Waals surface area (Å²) in [6.07, 6.45) is -0.230. The zero-order chi connectivity index (χ0) is 9.85. The van der Waals surface area contributed by atoms with E-state index in [1.807, 2.05) is 6.92 Å². The van der Waals surface area contributed by atoms with Crippen LogP contribution in [0.5, 0.6) is 0 Å². The molecule has 1 aromatic rings. The summed E-state index contributed by atoms with van der Waals surface area (Å²) < 4.78 is 26.6. The molecule has 0 amide bonds. The highest BCUT2D eigenvalue weighted by Crippen LogP contribution is 2.59. The number of hydrogen-bond acceptors (Lipinski definition) is 2. The van der Waals surface area contributed by atoms with Gasteiger partial charge in [0.05, 0.1) is 0 Å². The maximum atomic E-state index is 12.9. The molecule has 0 bridgehead atoms. The van der Waals surface area contributed by atoms with Crippen LogP contribution in [0.2, 0.25) is 0 Å². The van der Waals surface area contributed by atoms with Gasteiger partial charge in [-0.25, -0.2) is 8.78 Å². The van der Waals surface area contributed by atoms with Crippen molar-refractivity contribution < 1.29 is 8.78 Å². The van der Waals surface area contributed by atoms with E-state index in [-0.39, 0.29) is 6.42 Å². The molecule has 1 aliphatic carbocycles. The lowest BCUT2D eigenvalue weighted by Gasteiger charge is -2.05. The molecule has 1 saturated carbocycles. The fraction of sp³-hybridized carbons (Fsp3) is 0.500. The lowest BCUT2D eigenvalue weighted by Crippen LogP contribution is -2.25. The normalized spacial score (nSPS) is 30.5. The molecule has 1 aliphatic rings. The van der Waals surface area contributed by atoms with E-state index in [2.05, 4.69) is 15.9 Å². The van der Waals surface area contributed by atoms with Gasteiger partial charge in [0, 0.05) is 20.6 Å². The summed E-state index contributed by atoms with van der Waals surface area (Å²) in [6.45, 7) is 1.88. The SMILES string of the molecule is Cc1sc(C2(N)CC2(F)F)cc1Br. The first-order chi connectivity index (χ1) is 5.87. The van der Waals surface area contributed by atoms with Gasteiger partial charge in [-0.3, -0.25) is 0 Å². The van der Waals surface area contributed by atoms with Crippen molar-refractivity contribution in [1.29, 1.82) is 0 Å². The van der Waals surface area contributed by atoms with Crippen molar-refractivity contribution in [2.24, 2.45) is 5.73 Å². The maximum absolute atomic E-state index is 12.9. The van der Waals surface area contributed by atoms with Crippen LogP contribution < -0.4 is 5.73 Å². The number of rotatable bonds is 1. The monoisotopic (exact) mass is 267 g/mol. The molecular weight excluding hydrogens is 260 g/mol. The molecule has 13 heavy (non-hydrogen) atoms. The third-order valence-corrected chi connectivity index (χ3v) is 4.64. The molecular formula is C8H8BrF2NS. The van der Waals surface area contributed by atoms with Crippen LogP contribution in [0, 0.1) is 6.92 Å². The van der Waals surface area contributed by atoms with Crippen LogP contribution >= 0.6 is 27.3 Å². The van der Waals surface area contributed by atoms with E-state index in [0.717, 1.165) is 9.35 Å². The number of nitrogens with two attached hydrogens (primary N) is 1. The third-order valence-electron chi connectivity index (χ3n) is 2.33. The second-order valence-electron chi connectivity index (χ2n) is 3.37. The average molecular weight is 268 g/mol. The topological polar surface area (TPSA) is 26.0 Å². The molecule has 1 nitrogen and oxygen atoms in total. The molecule has 1 unspecified atom stereocenters. The standard InChI is InChI=1S/C8H8BrF2NS/c1-4-5(9)2-6(13-4)7(12)3-8(7,10)11/h2H,3,12H2,1H3. The molecule has 5 heteroatoms. The molecule has 0 saturated heterocycles. The first kappa shape index (κ1) is 9.55. The first-order valence-electron chi connectivity index (χ1n) is 3.80. The van der Waals surface area contributed by atoms with Crippen LogP contribution in [0.25, 0.3) is 0 Å². The Bertz CT molecular complexity index is 344. The molecule has 2 N–H and O–H groups in total. The number of alkyl halides is 2. The van der Waals surface area contributed by atoms with Gasteiger partial charge in [0.15, 0.2) is 0 Å². The lowest BCUT2D eigenvalue weighted by atomic mass is 10.2. The van der Waals surface area contributed by atoms with Crippen LogP contribution in [0.3, 0.4) is 0 Å². The Hall–Kier alpha value is -0.0000000000000000555. The van der Waals surface area contributed by atoms with E-state index in [4.69, 9.17) is 5.73 Å². The summed E-state index contributed by atoms with van der Waals surface area (Å²) in [5.74, 6) is -2.72. The molecule has 2 rings (SSSR count). The van der Waals surface area contributed by atoms with E-state index in [9.17, 15) is 8.78 Å². The highest BCUT2D eigenvalue weighted by molar-refractivity contribution is 9.10. The number of thiophene rings is 1. The minimum Gasteiger partial charge on any atom is -0.316 e. The Morgan fingerprint density at radius 1 is 1.62 bits per heavy atom. The fourth-order valence-corrected chi connectivity index (χ4v) is 2.94. The van der Waals surface area contributed by atoms with Gasteiger partial charge in [-0.1, -0.05) is 0 Å². The molecule has 1 heterocycles. The summed E-state index contributed by atoms with van der Waals surface area (Å²) in [6, 6.07) is 1.70. The third kappa shape index (κ3) is 1.25. The number of halogens is 3. The smallest absolute Gasteiger partial charge is 0.273 e. The largest absolute Gasteiger partial charge is 0.316 e. The quantitative estimate of drug-likeness (QED) is 0.832. The van der Waals surface area contributed by atoms with Crippen LogP contribution in [0.1, 0.15) is 16.2 Å². The van der Waals surface area contributed by atoms with Crippen LogP contribution in [0.15, 0.2) is 10.5 Å². The summed E-state index contributed by atoms with van der Waals surface area (Å²) in [5.41, 5.74) is 4.17. The Balaban J connectivity index is 2.38. The van der Waals surface area contributed by atoms with Gasteiger partial charge in [0.1, 0.15) is 5.54 Å². The van der Waals surface area contributed by atoms with Crippen LogP contribution in [0.4, 0.5) is 8.78 Å². The van der Waals surface area contributed by atoms with Crippen molar-refractivity contribution in [3.63, 3.8) is 0 Å². The highest BCUT2D eigenvalue weighted by Gasteiger charge is 2.70. The van der Waals surface area contributed by atoms with Gasteiger partial charge in [-0.15, -0.1) is 11.3 Å². The molecule has 0 radical (unpaired) electrons. The lowest BCUT2D eigenvalue weighted by molar-refractivity contribution is 0.0899. The summed E-state index contributed by atoms with van der Waals surface area (Å²) in [5, 5.41) is 0. The molecule has 0 aromatic carbocycles. The van der Waals surface area contributed by atoms with E-state index < -0.39 is 11.5 Å².